The van der Waals surface area contributed by atoms with Gasteiger partial charge in [-0.25, -0.2) is 0 Å². The van der Waals surface area contributed by atoms with Crippen LogP contribution in [0.4, 0.5) is 0 Å². The Hall–Kier alpha value is -0.220. The van der Waals surface area contributed by atoms with Gasteiger partial charge in [0.15, 0.2) is 0 Å². The Labute approximate surface area is 90.6 Å². The van der Waals surface area contributed by atoms with Crippen LogP contribution in [0.25, 0.3) is 0 Å². The summed E-state index contributed by atoms with van der Waals surface area (Å²) >= 11 is 1.97. The van der Waals surface area contributed by atoms with Crippen LogP contribution in [0.15, 0.2) is 0 Å². The van der Waals surface area contributed by atoms with Crippen molar-refractivity contribution in [3.8, 4) is 0 Å². The number of rotatable bonds is 2. The van der Waals surface area contributed by atoms with Gasteiger partial charge in [0.05, 0.1) is 6.04 Å². The van der Waals surface area contributed by atoms with E-state index in [-0.39, 0.29) is 11.9 Å². The fourth-order valence-corrected chi connectivity index (χ4v) is 3.08. The van der Waals surface area contributed by atoms with Crippen molar-refractivity contribution in [3.63, 3.8) is 0 Å². The van der Waals surface area contributed by atoms with E-state index in [1.807, 2.05) is 30.6 Å². The van der Waals surface area contributed by atoms with Crippen molar-refractivity contribution >= 4 is 17.7 Å². The highest BCUT2D eigenvalue weighted by molar-refractivity contribution is 8.00. The number of nitrogens with one attached hydrogen (secondary N) is 1. The van der Waals surface area contributed by atoms with Gasteiger partial charge in [0.25, 0.3) is 0 Å². The average Bonchev–Trinajstić information content (AvgIpc) is 2.14. The summed E-state index contributed by atoms with van der Waals surface area (Å²) in [5.41, 5.74) is 0. The Morgan fingerprint density at radius 3 is 2.36 bits per heavy atom. The molecule has 82 valence electrons. The molecular weight excluding hydrogens is 196 g/mol. The van der Waals surface area contributed by atoms with Crippen LogP contribution in [0, 0.1) is 0 Å². The Bertz CT molecular complexity index is 200. The summed E-state index contributed by atoms with van der Waals surface area (Å²) in [4.78, 5) is 13.9. The number of hydrogen-bond donors (Lipinski definition) is 1. The van der Waals surface area contributed by atoms with Crippen molar-refractivity contribution in [3.05, 3.63) is 0 Å². The fraction of sp³-hybridized carbons (Fsp3) is 0.900. The predicted molar refractivity (Wildman–Crippen MR) is 61.6 cm³/mol. The zero-order valence-electron chi connectivity index (χ0n) is 9.41. The molecule has 0 aliphatic carbocycles. The molecule has 1 N–H and O–H groups in total. The first-order valence-electron chi connectivity index (χ1n) is 5.16. The first kappa shape index (κ1) is 11.9. The summed E-state index contributed by atoms with van der Waals surface area (Å²) in [7, 11) is 1.83. The molecule has 2 unspecified atom stereocenters. The van der Waals surface area contributed by atoms with Gasteiger partial charge in [-0.1, -0.05) is 13.8 Å². The summed E-state index contributed by atoms with van der Waals surface area (Å²) < 4.78 is 0. The number of amides is 1. The quantitative estimate of drug-likeness (QED) is 0.746. The largest absolute Gasteiger partial charge is 0.339 e. The highest BCUT2D eigenvalue weighted by atomic mass is 32.2. The minimum absolute atomic E-state index is 0.0579. The summed E-state index contributed by atoms with van der Waals surface area (Å²) in [6.45, 7) is 8.06. The van der Waals surface area contributed by atoms with Crippen LogP contribution in [-0.2, 0) is 4.79 Å². The molecule has 0 saturated carbocycles. The smallest absolute Gasteiger partial charge is 0.239 e. The first-order chi connectivity index (χ1) is 6.54. The number of nitrogens with zero attached hydrogens (tertiary/aromatic N) is 1. The normalized spacial score (nSPS) is 30.1. The number of carbonyl (C=O) groups is 1. The maximum Gasteiger partial charge on any atom is 0.239 e. The maximum atomic E-state index is 11.9. The molecule has 14 heavy (non-hydrogen) atoms. The Morgan fingerprint density at radius 1 is 1.43 bits per heavy atom. The molecule has 0 spiro atoms. The summed E-state index contributed by atoms with van der Waals surface area (Å²) in [6.07, 6.45) is 0. The third kappa shape index (κ3) is 2.89. The fourth-order valence-electron chi connectivity index (χ4n) is 1.76. The van der Waals surface area contributed by atoms with Crippen molar-refractivity contribution in [1.82, 2.24) is 10.2 Å². The lowest BCUT2D eigenvalue weighted by Crippen LogP contribution is -2.50. The molecule has 4 heteroatoms. The van der Waals surface area contributed by atoms with E-state index in [4.69, 9.17) is 0 Å². The van der Waals surface area contributed by atoms with Gasteiger partial charge in [0.2, 0.25) is 5.91 Å². The van der Waals surface area contributed by atoms with Crippen molar-refractivity contribution in [2.75, 3.05) is 20.1 Å². The lowest BCUT2D eigenvalue weighted by atomic mass is 10.2. The van der Waals surface area contributed by atoms with Crippen LogP contribution < -0.4 is 5.32 Å². The zero-order valence-corrected chi connectivity index (χ0v) is 10.2. The van der Waals surface area contributed by atoms with E-state index in [9.17, 15) is 4.79 Å². The molecule has 1 aliphatic heterocycles. The molecule has 0 radical (unpaired) electrons. The van der Waals surface area contributed by atoms with Gasteiger partial charge in [0.1, 0.15) is 0 Å². The molecule has 1 amide bonds. The molecule has 1 aliphatic rings. The van der Waals surface area contributed by atoms with Gasteiger partial charge in [-0.2, -0.15) is 11.8 Å². The maximum absolute atomic E-state index is 11.9. The highest BCUT2D eigenvalue weighted by Gasteiger charge is 2.27. The molecule has 0 aromatic carbocycles. The number of carbonyl (C=O) groups excluding carboxylic acids is 1. The Kier molecular flexibility index (Phi) is 4.26. The molecule has 0 aromatic rings. The van der Waals surface area contributed by atoms with E-state index >= 15 is 0 Å². The van der Waals surface area contributed by atoms with Crippen molar-refractivity contribution in [2.45, 2.75) is 37.3 Å². The average molecular weight is 216 g/mol. The van der Waals surface area contributed by atoms with Crippen LogP contribution in [0.2, 0.25) is 0 Å². The Balaban J connectivity index is 2.54. The van der Waals surface area contributed by atoms with E-state index in [0.29, 0.717) is 10.5 Å². The zero-order chi connectivity index (χ0) is 10.7. The molecule has 0 aromatic heterocycles. The van der Waals surface area contributed by atoms with Crippen LogP contribution >= 0.6 is 11.8 Å². The molecule has 1 saturated heterocycles. The van der Waals surface area contributed by atoms with Crippen molar-refractivity contribution in [2.24, 2.45) is 0 Å². The molecule has 3 atom stereocenters. The summed E-state index contributed by atoms with van der Waals surface area (Å²) in [6, 6.07) is -0.0579. The van der Waals surface area contributed by atoms with Gasteiger partial charge in [-0.05, 0) is 14.0 Å². The third-order valence-corrected chi connectivity index (χ3v) is 3.76. The summed E-state index contributed by atoms with van der Waals surface area (Å²) in [5.74, 6) is 0.228. The second-order valence-electron chi connectivity index (χ2n) is 4.01. The molecule has 1 rings (SSSR count). The van der Waals surface area contributed by atoms with Gasteiger partial charge < -0.3 is 10.2 Å². The minimum atomic E-state index is -0.0579. The van der Waals surface area contributed by atoms with Crippen molar-refractivity contribution in [1.29, 1.82) is 0 Å². The van der Waals surface area contributed by atoms with E-state index in [2.05, 4.69) is 19.2 Å². The molecule has 0 bridgehead atoms. The molecule has 3 nitrogen and oxygen atoms in total. The van der Waals surface area contributed by atoms with E-state index < -0.39 is 0 Å². The van der Waals surface area contributed by atoms with E-state index in [1.54, 1.807) is 0 Å². The summed E-state index contributed by atoms with van der Waals surface area (Å²) in [5, 5.41) is 4.12. The van der Waals surface area contributed by atoms with Crippen LogP contribution in [0.5, 0.6) is 0 Å². The van der Waals surface area contributed by atoms with Crippen molar-refractivity contribution < 1.29 is 4.79 Å². The van der Waals surface area contributed by atoms with E-state index in [1.165, 1.54) is 0 Å². The lowest BCUT2D eigenvalue weighted by Gasteiger charge is -2.35. The SMILES string of the molecule is CN[C@@H](C)C(=O)N1CC(C)SC(C)C1. The molecule has 1 fully saturated rings. The van der Waals surface area contributed by atoms with Gasteiger partial charge in [-0.3, -0.25) is 4.79 Å². The monoisotopic (exact) mass is 216 g/mol. The van der Waals surface area contributed by atoms with Gasteiger partial charge in [0, 0.05) is 23.6 Å². The second-order valence-corrected chi connectivity index (χ2v) is 5.89. The number of hydrogen-bond acceptors (Lipinski definition) is 3. The van der Waals surface area contributed by atoms with E-state index in [0.717, 1.165) is 13.1 Å². The Morgan fingerprint density at radius 2 is 1.93 bits per heavy atom. The van der Waals surface area contributed by atoms with Gasteiger partial charge in [-0.15, -0.1) is 0 Å². The third-order valence-electron chi connectivity index (χ3n) is 2.53. The number of likely N-dealkylation sites (N-methyl/N-ethyl adjacent to an activating group) is 1. The second kappa shape index (κ2) is 5.03. The highest BCUT2D eigenvalue weighted by Crippen LogP contribution is 2.24. The lowest BCUT2D eigenvalue weighted by molar-refractivity contribution is -0.133. The van der Waals surface area contributed by atoms with Gasteiger partial charge >= 0.3 is 0 Å². The first-order valence-corrected chi connectivity index (χ1v) is 6.10. The van der Waals surface area contributed by atoms with Crippen LogP contribution in [0.1, 0.15) is 20.8 Å². The topological polar surface area (TPSA) is 32.3 Å². The predicted octanol–water partition coefficient (Wildman–Crippen LogP) is 0.947. The van der Waals surface area contributed by atoms with Crippen LogP contribution in [0.3, 0.4) is 0 Å². The minimum Gasteiger partial charge on any atom is -0.339 e. The van der Waals surface area contributed by atoms with Crippen LogP contribution in [-0.4, -0.2) is 47.5 Å². The molecule has 1 heterocycles. The number of thioether (sulfide) groups is 1. The standard InChI is InChI=1S/C10H20N2OS/c1-7-5-12(6-8(2)14-7)10(13)9(3)11-4/h7-9,11H,5-6H2,1-4H3/t7?,8?,9-/m0/s1. The molecular formula is C10H20N2OS.